The van der Waals surface area contributed by atoms with Crippen LogP contribution in [0.25, 0.3) is 0 Å². The lowest BCUT2D eigenvalue weighted by Crippen LogP contribution is -2.15. The van der Waals surface area contributed by atoms with Crippen LogP contribution in [0.3, 0.4) is 0 Å². The van der Waals surface area contributed by atoms with Gasteiger partial charge >= 0.3 is 0 Å². The Morgan fingerprint density at radius 1 is 1.10 bits per heavy atom. The van der Waals surface area contributed by atoms with Crippen molar-refractivity contribution in [2.24, 2.45) is 0 Å². The van der Waals surface area contributed by atoms with Crippen molar-refractivity contribution in [3.63, 3.8) is 0 Å². The number of hydrogen-bond donors (Lipinski definition) is 2. The first-order valence-electron chi connectivity index (χ1n) is 6.56. The summed E-state index contributed by atoms with van der Waals surface area (Å²) in [6.07, 6.45) is 0. The maximum absolute atomic E-state index is 5.20. The van der Waals surface area contributed by atoms with E-state index in [0.29, 0.717) is 17.8 Å². The molecule has 1 heterocycles. The molecule has 0 aliphatic heterocycles. The molecule has 0 radical (unpaired) electrons. The van der Waals surface area contributed by atoms with E-state index in [1.807, 2.05) is 44.1 Å². The second-order valence-corrected chi connectivity index (χ2v) is 4.73. The molecule has 1 aromatic heterocycles. The van der Waals surface area contributed by atoms with Crippen LogP contribution in [0.1, 0.15) is 5.56 Å². The van der Waals surface area contributed by atoms with Crippen LogP contribution >= 0.6 is 0 Å². The van der Waals surface area contributed by atoms with Crippen molar-refractivity contribution in [2.45, 2.75) is 6.92 Å². The highest BCUT2D eigenvalue weighted by Gasteiger charge is 2.09. The molecule has 1 aromatic carbocycles. The Labute approximate surface area is 124 Å². The molecule has 0 aliphatic carbocycles. The summed E-state index contributed by atoms with van der Waals surface area (Å²) in [6.45, 7) is 2.00. The van der Waals surface area contributed by atoms with E-state index in [9.17, 15) is 0 Å². The molecule has 0 bridgehead atoms. The number of aromatic nitrogens is 3. The molecule has 7 heteroatoms. The van der Waals surface area contributed by atoms with Gasteiger partial charge in [0.15, 0.2) is 0 Å². The van der Waals surface area contributed by atoms with Crippen LogP contribution in [0.4, 0.5) is 23.5 Å². The van der Waals surface area contributed by atoms with Crippen molar-refractivity contribution >= 4 is 23.5 Å². The number of benzene rings is 1. The summed E-state index contributed by atoms with van der Waals surface area (Å²) in [5.41, 5.74) is 1.97. The van der Waals surface area contributed by atoms with Gasteiger partial charge in [0.1, 0.15) is 5.75 Å². The third kappa shape index (κ3) is 3.50. The van der Waals surface area contributed by atoms with Gasteiger partial charge in [-0.15, -0.1) is 0 Å². The fourth-order valence-electron chi connectivity index (χ4n) is 1.76. The predicted molar refractivity (Wildman–Crippen MR) is 84.7 cm³/mol. The van der Waals surface area contributed by atoms with Crippen molar-refractivity contribution in [1.82, 2.24) is 15.0 Å². The largest absolute Gasteiger partial charge is 0.497 e. The molecule has 7 nitrogen and oxygen atoms in total. The van der Waals surface area contributed by atoms with E-state index >= 15 is 0 Å². The normalized spacial score (nSPS) is 10.1. The van der Waals surface area contributed by atoms with Gasteiger partial charge in [0, 0.05) is 26.8 Å². The number of anilines is 4. The zero-order valence-corrected chi connectivity index (χ0v) is 12.9. The fourth-order valence-corrected chi connectivity index (χ4v) is 1.76. The van der Waals surface area contributed by atoms with Crippen LogP contribution in [-0.2, 0) is 0 Å². The summed E-state index contributed by atoms with van der Waals surface area (Å²) in [5, 5.41) is 6.14. The lowest BCUT2D eigenvalue weighted by molar-refractivity contribution is 0.414. The number of rotatable bonds is 5. The van der Waals surface area contributed by atoms with Gasteiger partial charge in [-0.2, -0.15) is 15.0 Å². The van der Waals surface area contributed by atoms with Crippen molar-refractivity contribution in [1.29, 1.82) is 0 Å². The molecule has 0 fully saturated rings. The first-order valence-corrected chi connectivity index (χ1v) is 6.56. The lowest BCUT2D eigenvalue weighted by atomic mass is 10.2. The van der Waals surface area contributed by atoms with Crippen molar-refractivity contribution in [3.05, 3.63) is 23.8 Å². The van der Waals surface area contributed by atoms with Crippen LogP contribution in [0.15, 0.2) is 18.2 Å². The van der Waals surface area contributed by atoms with Gasteiger partial charge < -0.3 is 20.3 Å². The highest BCUT2D eigenvalue weighted by atomic mass is 16.5. The Morgan fingerprint density at radius 3 is 2.38 bits per heavy atom. The number of hydrogen-bond acceptors (Lipinski definition) is 7. The molecule has 2 N–H and O–H groups in total. The monoisotopic (exact) mass is 288 g/mol. The van der Waals surface area contributed by atoms with Crippen molar-refractivity contribution in [3.8, 4) is 5.75 Å². The van der Waals surface area contributed by atoms with Crippen LogP contribution in [-0.4, -0.2) is 43.2 Å². The van der Waals surface area contributed by atoms with Crippen molar-refractivity contribution in [2.75, 3.05) is 43.8 Å². The zero-order chi connectivity index (χ0) is 15.4. The first-order chi connectivity index (χ1) is 10.0. The predicted octanol–water partition coefficient (Wildman–Crippen LogP) is 2.04. The summed E-state index contributed by atoms with van der Waals surface area (Å²) in [4.78, 5) is 14.8. The lowest BCUT2D eigenvalue weighted by Gasteiger charge is -2.14. The third-order valence-corrected chi connectivity index (χ3v) is 2.93. The molecule has 0 saturated heterocycles. The summed E-state index contributed by atoms with van der Waals surface area (Å²) in [5.74, 6) is 2.41. The highest BCUT2D eigenvalue weighted by Crippen LogP contribution is 2.24. The Balaban J connectivity index is 2.32. The third-order valence-electron chi connectivity index (χ3n) is 2.93. The number of aryl methyl sites for hydroxylation is 1. The molecule has 0 spiro atoms. The van der Waals surface area contributed by atoms with Crippen LogP contribution in [0.2, 0.25) is 0 Å². The number of ether oxygens (including phenoxy) is 1. The Hall–Kier alpha value is -2.57. The summed E-state index contributed by atoms with van der Waals surface area (Å²) in [7, 11) is 7.20. The SMILES string of the molecule is CNc1nc(Nc2ccc(OC)cc2C)nc(N(C)C)n1. The van der Waals surface area contributed by atoms with Gasteiger partial charge in [-0.05, 0) is 30.7 Å². The van der Waals surface area contributed by atoms with Crippen LogP contribution in [0.5, 0.6) is 5.75 Å². The second-order valence-electron chi connectivity index (χ2n) is 4.73. The molecule has 112 valence electrons. The second kappa shape index (κ2) is 6.25. The topological polar surface area (TPSA) is 75.2 Å². The van der Waals surface area contributed by atoms with Gasteiger partial charge in [0.25, 0.3) is 0 Å². The summed E-state index contributed by atoms with van der Waals surface area (Å²) >= 11 is 0. The van der Waals surface area contributed by atoms with E-state index in [1.165, 1.54) is 0 Å². The molecule has 2 aromatic rings. The number of nitrogens with one attached hydrogen (secondary N) is 2. The number of methoxy groups -OCH3 is 1. The smallest absolute Gasteiger partial charge is 0.233 e. The van der Waals surface area contributed by atoms with E-state index < -0.39 is 0 Å². The standard InChI is InChI=1S/C14H20N6O/c1-9-8-10(21-5)6-7-11(9)16-13-17-12(15-2)18-14(19-13)20(3)4/h6-8H,1-5H3,(H2,15,16,17,18,19). The Morgan fingerprint density at radius 2 is 1.81 bits per heavy atom. The van der Waals surface area contributed by atoms with Crippen LogP contribution in [0, 0.1) is 6.92 Å². The van der Waals surface area contributed by atoms with Crippen LogP contribution < -0.4 is 20.3 Å². The minimum Gasteiger partial charge on any atom is -0.497 e. The maximum atomic E-state index is 5.20. The Bertz CT molecular complexity index is 629. The summed E-state index contributed by atoms with van der Waals surface area (Å²) < 4.78 is 5.20. The van der Waals surface area contributed by atoms with E-state index in [1.54, 1.807) is 14.2 Å². The molecule has 0 atom stereocenters. The van der Waals surface area contributed by atoms with Gasteiger partial charge in [-0.1, -0.05) is 0 Å². The first kappa shape index (κ1) is 14.8. The van der Waals surface area contributed by atoms with Gasteiger partial charge in [-0.25, -0.2) is 0 Å². The molecular formula is C14H20N6O. The molecule has 0 saturated carbocycles. The van der Waals surface area contributed by atoms with Gasteiger partial charge in [-0.3, -0.25) is 0 Å². The molecule has 21 heavy (non-hydrogen) atoms. The maximum Gasteiger partial charge on any atom is 0.233 e. The highest BCUT2D eigenvalue weighted by molar-refractivity contribution is 5.61. The number of nitrogens with zero attached hydrogens (tertiary/aromatic N) is 4. The zero-order valence-electron chi connectivity index (χ0n) is 12.9. The fraction of sp³-hybridized carbons (Fsp3) is 0.357. The van der Waals surface area contributed by atoms with E-state index in [-0.39, 0.29) is 0 Å². The quantitative estimate of drug-likeness (QED) is 0.872. The average Bonchev–Trinajstić information content (AvgIpc) is 2.48. The molecule has 0 amide bonds. The van der Waals surface area contributed by atoms with Gasteiger partial charge in [0.2, 0.25) is 17.8 Å². The van der Waals surface area contributed by atoms with E-state index in [2.05, 4.69) is 25.6 Å². The molecule has 0 unspecified atom stereocenters. The molecular weight excluding hydrogens is 268 g/mol. The molecule has 0 aliphatic rings. The minimum absolute atomic E-state index is 0.492. The van der Waals surface area contributed by atoms with E-state index in [0.717, 1.165) is 17.0 Å². The minimum atomic E-state index is 0.492. The average molecular weight is 288 g/mol. The van der Waals surface area contributed by atoms with Gasteiger partial charge in [0.05, 0.1) is 7.11 Å². The summed E-state index contributed by atoms with van der Waals surface area (Å²) in [6, 6.07) is 5.78. The van der Waals surface area contributed by atoms with E-state index in [4.69, 9.17) is 4.74 Å². The van der Waals surface area contributed by atoms with Crippen molar-refractivity contribution < 1.29 is 4.74 Å². The molecule has 2 rings (SSSR count). The Kier molecular flexibility index (Phi) is 4.42.